The molecule has 0 aromatic heterocycles. The monoisotopic (exact) mass is 103 g/mol. The molecule has 7 heavy (non-hydrogen) atoms. The Kier molecular flexibility index (Phi) is 0.867. The second kappa shape index (κ2) is 1.38. The van der Waals surface area contributed by atoms with Crippen LogP contribution in [0.3, 0.4) is 0 Å². The van der Waals surface area contributed by atoms with Crippen molar-refractivity contribution in [1.82, 2.24) is 5.06 Å². The molecule has 0 spiro atoms. The van der Waals surface area contributed by atoms with Gasteiger partial charge >= 0.3 is 6.09 Å². The first-order valence-corrected chi connectivity index (χ1v) is 1.84. The predicted molar refractivity (Wildman–Crippen MR) is 20.2 cm³/mol. The van der Waals surface area contributed by atoms with Gasteiger partial charge in [0.15, 0.2) is 0 Å². The van der Waals surface area contributed by atoms with Crippen molar-refractivity contribution in [2.75, 3.05) is 13.8 Å². The molecule has 1 aliphatic heterocycles. The number of cyclic esters (lactones) is 1. The molecular formula is C3H5NO3. The smallest absolute Gasteiger partial charge is 0.418 e. The Labute approximate surface area is 40.6 Å². The Morgan fingerprint density at radius 1 is 1.86 bits per heavy atom. The van der Waals surface area contributed by atoms with E-state index < -0.39 is 6.09 Å². The fourth-order valence-electron chi connectivity index (χ4n) is 0.299. The number of ether oxygens (including phenoxy) is 1. The molecule has 1 aliphatic rings. The molecule has 1 saturated heterocycles. The highest BCUT2D eigenvalue weighted by Gasteiger charge is 2.17. The van der Waals surface area contributed by atoms with E-state index in [9.17, 15) is 4.79 Å². The van der Waals surface area contributed by atoms with Crippen LogP contribution in [0.25, 0.3) is 0 Å². The van der Waals surface area contributed by atoms with Crippen LogP contribution in [0.15, 0.2) is 0 Å². The summed E-state index contributed by atoms with van der Waals surface area (Å²) in [5.41, 5.74) is 0. The van der Waals surface area contributed by atoms with Crippen LogP contribution in [-0.4, -0.2) is 25.0 Å². The third-order valence-corrected chi connectivity index (χ3v) is 0.686. The van der Waals surface area contributed by atoms with E-state index in [-0.39, 0.29) is 6.79 Å². The highest BCUT2D eigenvalue weighted by atomic mass is 16.9. The molecule has 4 heteroatoms. The number of carbonyl (C=O) groups is 1. The lowest BCUT2D eigenvalue weighted by molar-refractivity contribution is -0.0790. The molecule has 0 atom stereocenters. The number of amides is 1. The summed E-state index contributed by atoms with van der Waals surface area (Å²) in [4.78, 5) is 14.7. The molecule has 0 saturated carbocycles. The third-order valence-electron chi connectivity index (χ3n) is 0.686. The number of carbonyl (C=O) groups excluding carboxylic acids is 1. The average Bonchev–Trinajstić information content (AvgIpc) is 1.91. The van der Waals surface area contributed by atoms with Crippen LogP contribution in [0.1, 0.15) is 0 Å². The summed E-state index contributed by atoms with van der Waals surface area (Å²) in [7, 11) is 1.50. The number of hydrogen-bond donors (Lipinski definition) is 0. The van der Waals surface area contributed by atoms with Gasteiger partial charge in [-0.15, -0.1) is 0 Å². The van der Waals surface area contributed by atoms with Gasteiger partial charge in [-0.2, -0.15) is 5.06 Å². The van der Waals surface area contributed by atoms with Crippen molar-refractivity contribution >= 4 is 6.09 Å². The highest BCUT2D eigenvalue weighted by Crippen LogP contribution is 1.98. The van der Waals surface area contributed by atoms with E-state index in [0.717, 1.165) is 5.06 Å². The fourth-order valence-corrected chi connectivity index (χ4v) is 0.299. The van der Waals surface area contributed by atoms with E-state index in [2.05, 4.69) is 9.57 Å². The van der Waals surface area contributed by atoms with Crippen molar-refractivity contribution in [3.63, 3.8) is 0 Å². The van der Waals surface area contributed by atoms with Crippen LogP contribution in [0.2, 0.25) is 0 Å². The Morgan fingerprint density at radius 3 is 2.71 bits per heavy atom. The van der Waals surface area contributed by atoms with Crippen molar-refractivity contribution in [3.8, 4) is 0 Å². The molecule has 4 nitrogen and oxygen atoms in total. The minimum Gasteiger partial charge on any atom is -0.418 e. The van der Waals surface area contributed by atoms with Gasteiger partial charge in [0.2, 0.25) is 6.79 Å². The molecule has 0 radical (unpaired) electrons. The van der Waals surface area contributed by atoms with Crippen LogP contribution in [0, 0.1) is 0 Å². The van der Waals surface area contributed by atoms with Gasteiger partial charge in [-0.1, -0.05) is 0 Å². The van der Waals surface area contributed by atoms with Gasteiger partial charge in [0.25, 0.3) is 0 Å². The molecular weight excluding hydrogens is 98.0 g/mol. The Balaban J connectivity index is 2.48. The van der Waals surface area contributed by atoms with Gasteiger partial charge in [0, 0.05) is 7.05 Å². The zero-order valence-corrected chi connectivity index (χ0v) is 3.88. The minimum absolute atomic E-state index is 0.0509. The van der Waals surface area contributed by atoms with Gasteiger partial charge in [-0.05, 0) is 0 Å². The quantitative estimate of drug-likeness (QED) is 0.431. The minimum atomic E-state index is -0.431. The lowest BCUT2D eigenvalue weighted by Gasteiger charge is -1.97. The number of rotatable bonds is 0. The maximum absolute atomic E-state index is 10.2. The predicted octanol–water partition coefficient (Wildman–Crippen LogP) is -0.0425. The summed E-state index contributed by atoms with van der Waals surface area (Å²) in [6.45, 7) is 0.0509. The summed E-state index contributed by atoms with van der Waals surface area (Å²) in [5, 5.41) is 1.04. The van der Waals surface area contributed by atoms with Crippen LogP contribution in [0.4, 0.5) is 4.79 Å². The Hall–Kier alpha value is -0.770. The number of hydroxylamine groups is 2. The SMILES string of the molecule is CN1OCOC1=O. The second-order valence-corrected chi connectivity index (χ2v) is 1.15. The lowest BCUT2D eigenvalue weighted by atomic mass is 11.1. The number of nitrogens with zero attached hydrogens (tertiary/aromatic N) is 1. The van der Waals surface area contributed by atoms with Crippen molar-refractivity contribution in [3.05, 3.63) is 0 Å². The van der Waals surface area contributed by atoms with Crippen molar-refractivity contribution in [2.24, 2.45) is 0 Å². The second-order valence-electron chi connectivity index (χ2n) is 1.15. The first kappa shape index (κ1) is 4.39. The molecule has 0 aromatic carbocycles. The van der Waals surface area contributed by atoms with Crippen molar-refractivity contribution < 1.29 is 14.4 Å². The van der Waals surface area contributed by atoms with Crippen LogP contribution >= 0.6 is 0 Å². The lowest BCUT2D eigenvalue weighted by Crippen LogP contribution is -2.15. The van der Waals surface area contributed by atoms with Crippen molar-refractivity contribution in [2.45, 2.75) is 0 Å². The highest BCUT2D eigenvalue weighted by molar-refractivity contribution is 5.66. The zero-order valence-electron chi connectivity index (χ0n) is 3.88. The molecule has 0 aromatic rings. The first-order valence-electron chi connectivity index (χ1n) is 1.84. The van der Waals surface area contributed by atoms with E-state index in [1.165, 1.54) is 7.05 Å². The van der Waals surface area contributed by atoms with E-state index in [0.29, 0.717) is 0 Å². The molecule has 1 amide bonds. The number of hydrogen-bond acceptors (Lipinski definition) is 3. The summed E-state index contributed by atoms with van der Waals surface area (Å²) in [6.07, 6.45) is -0.431. The molecule has 1 heterocycles. The topological polar surface area (TPSA) is 38.8 Å². The zero-order chi connectivity index (χ0) is 5.28. The molecule has 0 N–H and O–H groups in total. The first-order chi connectivity index (χ1) is 3.30. The van der Waals surface area contributed by atoms with Gasteiger partial charge in [-0.3, -0.25) is 0 Å². The van der Waals surface area contributed by atoms with Crippen LogP contribution in [-0.2, 0) is 9.57 Å². The van der Waals surface area contributed by atoms with Crippen molar-refractivity contribution in [1.29, 1.82) is 0 Å². The van der Waals surface area contributed by atoms with E-state index >= 15 is 0 Å². The van der Waals surface area contributed by atoms with Crippen LogP contribution in [0.5, 0.6) is 0 Å². The van der Waals surface area contributed by atoms with Gasteiger partial charge < -0.3 is 4.74 Å². The largest absolute Gasteiger partial charge is 0.435 e. The molecule has 0 aliphatic carbocycles. The maximum atomic E-state index is 10.2. The standard InChI is InChI=1S/C3H5NO3/c1-4-3(5)6-2-7-4/h2H2,1H3. The van der Waals surface area contributed by atoms with E-state index in [4.69, 9.17) is 0 Å². The Morgan fingerprint density at radius 2 is 2.57 bits per heavy atom. The van der Waals surface area contributed by atoms with Gasteiger partial charge in [-0.25, -0.2) is 9.63 Å². The maximum Gasteiger partial charge on any atom is 0.435 e. The third kappa shape index (κ3) is 0.640. The molecule has 0 unspecified atom stereocenters. The van der Waals surface area contributed by atoms with E-state index in [1.54, 1.807) is 0 Å². The fraction of sp³-hybridized carbons (Fsp3) is 0.667. The molecule has 1 rings (SSSR count). The van der Waals surface area contributed by atoms with Gasteiger partial charge in [0.05, 0.1) is 0 Å². The molecule has 1 fully saturated rings. The molecule has 40 valence electrons. The summed E-state index contributed by atoms with van der Waals surface area (Å²) >= 11 is 0. The summed E-state index contributed by atoms with van der Waals surface area (Å²) in [5.74, 6) is 0. The molecule has 0 bridgehead atoms. The summed E-state index contributed by atoms with van der Waals surface area (Å²) < 4.78 is 4.33. The van der Waals surface area contributed by atoms with E-state index in [1.807, 2.05) is 0 Å². The average molecular weight is 103 g/mol. The summed E-state index contributed by atoms with van der Waals surface area (Å²) in [6, 6.07) is 0. The van der Waals surface area contributed by atoms with Crippen LogP contribution < -0.4 is 0 Å². The van der Waals surface area contributed by atoms with Gasteiger partial charge in [0.1, 0.15) is 0 Å². The Bertz CT molecular complexity index is 92.2. The normalized spacial score (nSPS) is 20.1.